The second-order valence-electron chi connectivity index (χ2n) is 14.9. The van der Waals surface area contributed by atoms with Crippen LogP contribution < -0.4 is 0 Å². The van der Waals surface area contributed by atoms with Crippen molar-refractivity contribution >= 4 is 5.78 Å². The molecule has 0 aliphatic heterocycles. The maximum Gasteiger partial charge on any atom is 0.138 e. The number of fused-ring (bicyclic) bond motifs is 6. The highest BCUT2D eigenvalue weighted by Gasteiger charge is 2.63. The quantitative estimate of drug-likeness (QED) is 0.375. The number of methoxy groups -OCH3 is 1. The lowest BCUT2D eigenvalue weighted by atomic mass is 9.42. The first kappa shape index (κ1) is 24.1. The van der Waals surface area contributed by atoms with Gasteiger partial charge in [-0.25, -0.2) is 0 Å². The highest BCUT2D eigenvalue weighted by atomic mass is 16.5. The number of carbonyl (C=O) groups is 1. The molecule has 0 heterocycles. The molecule has 8 atom stereocenters. The Balaban J connectivity index is 1.50. The molecular formula is C31H50O2. The molecule has 2 heteroatoms. The Labute approximate surface area is 203 Å². The van der Waals surface area contributed by atoms with Crippen molar-refractivity contribution in [3.05, 3.63) is 11.6 Å². The van der Waals surface area contributed by atoms with Crippen molar-refractivity contribution in [1.82, 2.24) is 0 Å². The third kappa shape index (κ3) is 3.17. The third-order valence-electron chi connectivity index (χ3n) is 12.9. The van der Waals surface area contributed by atoms with Gasteiger partial charge in [-0.15, -0.1) is 0 Å². The number of rotatable bonds is 1. The summed E-state index contributed by atoms with van der Waals surface area (Å²) in [6.45, 7) is 17.4. The number of allylic oxidation sites excluding steroid dienone is 2. The fraction of sp³-hybridized carbons (Fsp3) is 0.903. The zero-order chi connectivity index (χ0) is 24.0. The van der Waals surface area contributed by atoms with E-state index in [2.05, 4.69) is 54.5 Å². The molecule has 0 N–H and O–H groups in total. The fourth-order valence-electron chi connectivity index (χ4n) is 11.2. The van der Waals surface area contributed by atoms with Crippen LogP contribution in [0.5, 0.6) is 0 Å². The Hall–Kier alpha value is -0.630. The van der Waals surface area contributed by atoms with E-state index in [9.17, 15) is 4.79 Å². The van der Waals surface area contributed by atoms with Gasteiger partial charge >= 0.3 is 0 Å². The topological polar surface area (TPSA) is 26.3 Å². The average Bonchev–Trinajstić information content (AvgIpc) is 2.88. The van der Waals surface area contributed by atoms with E-state index >= 15 is 0 Å². The van der Waals surface area contributed by atoms with Crippen molar-refractivity contribution < 1.29 is 9.53 Å². The van der Waals surface area contributed by atoms with Crippen molar-refractivity contribution in [3.8, 4) is 0 Å². The number of hydrogen-bond acceptors (Lipinski definition) is 2. The number of carbonyl (C=O) groups excluding carboxylic acids is 1. The van der Waals surface area contributed by atoms with Crippen LogP contribution in [0.25, 0.3) is 0 Å². The molecular weight excluding hydrogens is 404 g/mol. The molecule has 0 bridgehead atoms. The number of ketones is 1. The Bertz CT molecular complexity index is 851. The van der Waals surface area contributed by atoms with E-state index in [1.807, 2.05) is 7.11 Å². The van der Waals surface area contributed by atoms with Crippen LogP contribution >= 0.6 is 0 Å². The van der Waals surface area contributed by atoms with Crippen LogP contribution in [0.2, 0.25) is 0 Å². The number of ether oxygens (including phenoxy) is 1. The standard InChI is InChI=1S/C31H50O2/c1-27(2)23-13-16-29(5)19-20-9-11-22-28(3,4)26(33-8)15-18-30(22,6)21(20)10-12-24(29)31(23,7)17-14-25(27)32/h9,21-24,26H,10-19H2,1-8H3. The molecule has 0 amide bonds. The second-order valence-corrected chi connectivity index (χ2v) is 14.9. The van der Waals surface area contributed by atoms with E-state index in [1.165, 1.54) is 51.4 Å². The van der Waals surface area contributed by atoms with Crippen LogP contribution in [0.3, 0.4) is 0 Å². The SMILES string of the molecule is COC1CCC2(C)C3CCC4C(C)(CCC5C(C)(C)C(=O)CCC45C)CC3=CCC2C1(C)C. The van der Waals surface area contributed by atoms with Gasteiger partial charge in [0.2, 0.25) is 0 Å². The van der Waals surface area contributed by atoms with Gasteiger partial charge in [-0.1, -0.05) is 60.1 Å². The van der Waals surface area contributed by atoms with Gasteiger partial charge in [0.15, 0.2) is 0 Å². The Kier molecular flexibility index (Phi) is 5.43. The molecule has 0 aromatic carbocycles. The molecule has 33 heavy (non-hydrogen) atoms. The Morgan fingerprint density at radius 1 is 0.818 bits per heavy atom. The second kappa shape index (κ2) is 7.44. The van der Waals surface area contributed by atoms with Gasteiger partial charge in [-0.2, -0.15) is 0 Å². The lowest BCUT2D eigenvalue weighted by molar-refractivity contribution is -0.159. The van der Waals surface area contributed by atoms with Crippen LogP contribution in [-0.2, 0) is 9.53 Å². The minimum atomic E-state index is -0.147. The van der Waals surface area contributed by atoms with Gasteiger partial charge in [0.1, 0.15) is 5.78 Å². The predicted molar refractivity (Wildman–Crippen MR) is 136 cm³/mol. The van der Waals surface area contributed by atoms with Crippen molar-refractivity contribution in [2.75, 3.05) is 7.11 Å². The zero-order valence-electron chi connectivity index (χ0n) is 22.9. The summed E-state index contributed by atoms with van der Waals surface area (Å²) in [7, 11) is 1.92. The molecule has 0 aromatic rings. The van der Waals surface area contributed by atoms with Crippen LogP contribution in [0.4, 0.5) is 0 Å². The maximum atomic E-state index is 12.9. The summed E-state index contributed by atoms with van der Waals surface area (Å²) in [5.41, 5.74) is 2.99. The van der Waals surface area contributed by atoms with E-state index in [0.29, 0.717) is 40.0 Å². The lowest BCUT2D eigenvalue weighted by Gasteiger charge is -2.62. The molecule has 0 radical (unpaired) electrons. The molecule has 5 aliphatic carbocycles. The fourth-order valence-corrected chi connectivity index (χ4v) is 11.2. The van der Waals surface area contributed by atoms with Crippen molar-refractivity contribution in [2.45, 2.75) is 119 Å². The molecule has 0 saturated heterocycles. The van der Waals surface area contributed by atoms with Crippen molar-refractivity contribution in [3.63, 3.8) is 0 Å². The van der Waals surface area contributed by atoms with Crippen molar-refractivity contribution in [1.29, 1.82) is 0 Å². The predicted octanol–water partition coefficient (Wildman–Crippen LogP) is 8.00. The smallest absolute Gasteiger partial charge is 0.138 e. The summed E-state index contributed by atoms with van der Waals surface area (Å²) < 4.78 is 6.01. The summed E-state index contributed by atoms with van der Waals surface area (Å²) in [4.78, 5) is 12.9. The summed E-state index contributed by atoms with van der Waals surface area (Å²) in [6.07, 6.45) is 15.3. The van der Waals surface area contributed by atoms with E-state index in [1.54, 1.807) is 5.57 Å². The largest absolute Gasteiger partial charge is 0.381 e. The van der Waals surface area contributed by atoms with Crippen LogP contribution in [0.1, 0.15) is 113 Å². The molecule has 8 unspecified atom stereocenters. The van der Waals surface area contributed by atoms with Gasteiger partial charge in [-0.05, 0) is 103 Å². The minimum absolute atomic E-state index is 0.147. The van der Waals surface area contributed by atoms with Gasteiger partial charge < -0.3 is 4.74 Å². The lowest BCUT2D eigenvalue weighted by Crippen LogP contribution is -2.57. The molecule has 2 nitrogen and oxygen atoms in total. The summed E-state index contributed by atoms with van der Waals surface area (Å²) >= 11 is 0. The van der Waals surface area contributed by atoms with E-state index < -0.39 is 0 Å². The van der Waals surface area contributed by atoms with E-state index in [-0.39, 0.29) is 10.8 Å². The van der Waals surface area contributed by atoms with Gasteiger partial charge in [0.05, 0.1) is 6.10 Å². The van der Waals surface area contributed by atoms with Crippen molar-refractivity contribution in [2.24, 2.45) is 50.7 Å². The number of Topliss-reactive ketones (excluding diaryl/α,β-unsaturated/α-hetero) is 1. The molecule has 4 fully saturated rings. The van der Waals surface area contributed by atoms with Crippen LogP contribution in [0, 0.1) is 50.7 Å². The molecule has 5 aliphatic rings. The molecule has 5 rings (SSSR count). The molecule has 4 saturated carbocycles. The molecule has 0 aromatic heterocycles. The van der Waals surface area contributed by atoms with E-state index in [4.69, 9.17) is 4.74 Å². The highest BCUT2D eigenvalue weighted by molar-refractivity contribution is 5.85. The average molecular weight is 455 g/mol. The first-order valence-corrected chi connectivity index (χ1v) is 14.1. The third-order valence-corrected chi connectivity index (χ3v) is 12.9. The summed E-state index contributed by atoms with van der Waals surface area (Å²) in [5.74, 6) is 3.26. The zero-order valence-corrected chi connectivity index (χ0v) is 22.9. The first-order valence-electron chi connectivity index (χ1n) is 14.1. The monoisotopic (exact) mass is 454 g/mol. The Morgan fingerprint density at radius 3 is 2.24 bits per heavy atom. The molecule has 0 spiro atoms. The summed E-state index contributed by atoms with van der Waals surface area (Å²) in [5, 5.41) is 0. The molecule has 186 valence electrons. The number of hydrogen-bond donors (Lipinski definition) is 0. The Morgan fingerprint density at radius 2 is 1.55 bits per heavy atom. The first-order chi connectivity index (χ1) is 15.3. The highest BCUT2D eigenvalue weighted by Crippen LogP contribution is 2.70. The normalized spacial score (nSPS) is 50.7. The minimum Gasteiger partial charge on any atom is -0.381 e. The van der Waals surface area contributed by atoms with E-state index in [0.717, 1.165) is 24.7 Å². The van der Waals surface area contributed by atoms with Crippen LogP contribution in [-0.4, -0.2) is 19.0 Å². The van der Waals surface area contributed by atoms with Gasteiger partial charge in [-0.3, -0.25) is 4.79 Å². The van der Waals surface area contributed by atoms with Gasteiger partial charge in [0, 0.05) is 18.9 Å². The maximum absolute atomic E-state index is 12.9. The van der Waals surface area contributed by atoms with Gasteiger partial charge in [0.25, 0.3) is 0 Å². The van der Waals surface area contributed by atoms with Crippen LogP contribution in [0.15, 0.2) is 11.6 Å². The summed E-state index contributed by atoms with van der Waals surface area (Å²) in [6, 6.07) is 0.